The summed E-state index contributed by atoms with van der Waals surface area (Å²) < 4.78 is 6.14. The van der Waals surface area contributed by atoms with Crippen LogP contribution >= 0.6 is 11.3 Å². The Kier molecular flexibility index (Phi) is 3.01. The first kappa shape index (κ1) is 12.8. The molecule has 0 fully saturated rings. The highest BCUT2D eigenvalue weighted by molar-refractivity contribution is 7.21. The van der Waals surface area contributed by atoms with Gasteiger partial charge in [-0.1, -0.05) is 18.2 Å². The second-order valence-corrected chi connectivity index (χ2v) is 5.62. The van der Waals surface area contributed by atoms with Crippen LogP contribution in [0.3, 0.4) is 0 Å². The molecule has 0 unspecified atom stereocenters. The van der Waals surface area contributed by atoms with E-state index in [0.29, 0.717) is 27.5 Å². The van der Waals surface area contributed by atoms with Crippen LogP contribution < -0.4 is 5.56 Å². The second kappa shape index (κ2) is 5.16. The first-order valence-electron chi connectivity index (χ1n) is 6.57. The van der Waals surface area contributed by atoms with Crippen LogP contribution in [0.2, 0.25) is 0 Å². The van der Waals surface area contributed by atoms with Crippen molar-refractivity contribution >= 4 is 21.4 Å². The standard InChI is InChI=1S/C16H9N3O2S/c20-15-10-4-1-2-7-14(10)22-16(19-15)12-6-3-5-11(18-12)13-8-17-9-21-13/h1-9H. The van der Waals surface area contributed by atoms with E-state index in [9.17, 15) is 4.79 Å². The van der Waals surface area contributed by atoms with Crippen molar-refractivity contribution in [3.05, 3.63) is 65.4 Å². The monoisotopic (exact) mass is 307 g/mol. The quantitative estimate of drug-likeness (QED) is 0.568. The van der Waals surface area contributed by atoms with Gasteiger partial charge in [0.05, 0.1) is 17.3 Å². The molecule has 5 nitrogen and oxygen atoms in total. The molecule has 0 saturated heterocycles. The van der Waals surface area contributed by atoms with Gasteiger partial charge in [0.1, 0.15) is 10.7 Å². The fourth-order valence-corrected chi connectivity index (χ4v) is 3.12. The number of rotatable bonds is 2. The van der Waals surface area contributed by atoms with Gasteiger partial charge in [-0.2, -0.15) is 4.98 Å². The van der Waals surface area contributed by atoms with Crippen LogP contribution in [0.1, 0.15) is 0 Å². The van der Waals surface area contributed by atoms with E-state index in [1.54, 1.807) is 12.3 Å². The Morgan fingerprint density at radius 2 is 1.82 bits per heavy atom. The van der Waals surface area contributed by atoms with Crippen LogP contribution in [-0.4, -0.2) is 15.0 Å². The molecule has 0 amide bonds. The number of fused-ring (bicyclic) bond motifs is 1. The van der Waals surface area contributed by atoms with Crippen molar-refractivity contribution in [2.45, 2.75) is 0 Å². The molecule has 106 valence electrons. The Bertz CT molecular complexity index is 1010. The molecule has 4 aromatic rings. The van der Waals surface area contributed by atoms with Crippen molar-refractivity contribution in [1.82, 2.24) is 15.0 Å². The third kappa shape index (κ3) is 2.19. The molecule has 3 aromatic heterocycles. The third-order valence-electron chi connectivity index (χ3n) is 3.18. The summed E-state index contributed by atoms with van der Waals surface area (Å²) in [6.45, 7) is 0. The average Bonchev–Trinajstić information content (AvgIpc) is 3.09. The lowest BCUT2D eigenvalue weighted by molar-refractivity contribution is 0.570. The maximum atomic E-state index is 12.1. The number of hydrogen-bond acceptors (Lipinski definition) is 6. The molecule has 22 heavy (non-hydrogen) atoms. The third-order valence-corrected chi connectivity index (χ3v) is 4.25. The summed E-state index contributed by atoms with van der Waals surface area (Å²) in [6.07, 6.45) is 2.96. The fourth-order valence-electron chi connectivity index (χ4n) is 2.15. The number of nitrogens with zero attached hydrogens (tertiary/aromatic N) is 3. The number of benzene rings is 1. The first-order chi connectivity index (χ1) is 10.8. The van der Waals surface area contributed by atoms with Gasteiger partial charge in [0.15, 0.2) is 12.2 Å². The van der Waals surface area contributed by atoms with E-state index in [-0.39, 0.29) is 5.56 Å². The van der Waals surface area contributed by atoms with E-state index < -0.39 is 0 Å². The summed E-state index contributed by atoms with van der Waals surface area (Å²) in [5.74, 6) is 0.579. The van der Waals surface area contributed by atoms with Gasteiger partial charge in [-0.3, -0.25) is 4.79 Å². The molecule has 0 aliphatic carbocycles. The Morgan fingerprint density at radius 3 is 2.68 bits per heavy atom. The van der Waals surface area contributed by atoms with Gasteiger partial charge in [0, 0.05) is 4.70 Å². The lowest BCUT2D eigenvalue weighted by Gasteiger charge is -2.02. The molecular formula is C16H9N3O2S. The van der Waals surface area contributed by atoms with Gasteiger partial charge in [-0.25, -0.2) is 9.97 Å². The molecule has 3 heterocycles. The summed E-state index contributed by atoms with van der Waals surface area (Å²) in [7, 11) is 0. The maximum absolute atomic E-state index is 12.1. The van der Waals surface area contributed by atoms with Crippen LogP contribution in [0.5, 0.6) is 0 Å². The molecular weight excluding hydrogens is 298 g/mol. The predicted octanol–water partition coefficient (Wildman–Crippen LogP) is 3.37. The van der Waals surface area contributed by atoms with E-state index in [2.05, 4.69) is 15.0 Å². The summed E-state index contributed by atoms with van der Waals surface area (Å²) in [5, 5.41) is 1.22. The van der Waals surface area contributed by atoms with Gasteiger partial charge in [0.2, 0.25) is 0 Å². The molecule has 0 N–H and O–H groups in total. The van der Waals surface area contributed by atoms with Crippen molar-refractivity contribution in [2.75, 3.05) is 0 Å². The van der Waals surface area contributed by atoms with Crippen LogP contribution in [0.15, 0.2) is 64.3 Å². The van der Waals surface area contributed by atoms with Crippen LogP contribution in [-0.2, 0) is 0 Å². The molecule has 0 saturated carbocycles. The number of hydrogen-bond donors (Lipinski definition) is 0. The van der Waals surface area contributed by atoms with Gasteiger partial charge >= 0.3 is 0 Å². The molecule has 6 heteroatoms. The minimum Gasteiger partial charge on any atom is -0.442 e. The lowest BCUT2D eigenvalue weighted by Crippen LogP contribution is -2.06. The number of aromatic nitrogens is 3. The van der Waals surface area contributed by atoms with Crippen molar-refractivity contribution in [2.24, 2.45) is 0 Å². The smallest absolute Gasteiger partial charge is 0.279 e. The minimum absolute atomic E-state index is 0.240. The Hall–Kier alpha value is -2.86. The van der Waals surface area contributed by atoms with Crippen molar-refractivity contribution in [1.29, 1.82) is 0 Å². The molecule has 0 aliphatic rings. The van der Waals surface area contributed by atoms with Crippen LogP contribution in [0.4, 0.5) is 0 Å². The largest absolute Gasteiger partial charge is 0.442 e. The highest BCUT2D eigenvalue weighted by atomic mass is 32.1. The predicted molar refractivity (Wildman–Crippen MR) is 84.6 cm³/mol. The van der Waals surface area contributed by atoms with Crippen molar-refractivity contribution in [3.63, 3.8) is 0 Å². The topological polar surface area (TPSA) is 68.9 Å². The van der Waals surface area contributed by atoms with E-state index in [1.165, 1.54) is 17.7 Å². The highest BCUT2D eigenvalue weighted by Gasteiger charge is 2.10. The summed E-state index contributed by atoms with van der Waals surface area (Å²) >= 11 is 1.44. The average molecular weight is 307 g/mol. The zero-order valence-electron chi connectivity index (χ0n) is 11.3. The van der Waals surface area contributed by atoms with Crippen molar-refractivity contribution < 1.29 is 4.42 Å². The summed E-state index contributed by atoms with van der Waals surface area (Å²) in [5.41, 5.74) is 1.06. The molecule has 0 bridgehead atoms. The van der Waals surface area contributed by atoms with Gasteiger partial charge < -0.3 is 4.42 Å². The van der Waals surface area contributed by atoms with E-state index >= 15 is 0 Å². The lowest BCUT2D eigenvalue weighted by atomic mass is 10.2. The molecule has 0 aliphatic heterocycles. The molecule has 0 atom stereocenters. The zero-order valence-corrected chi connectivity index (χ0v) is 12.1. The Balaban J connectivity index is 1.89. The van der Waals surface area contributed by atoms with Gasteiger partial charge in [0.25, 0.3) is 5.56 Å². The Labute approximate surface area is 128 Å². The summed E-state index contributed by atoms with van der Waals surface area (Å²) in [6, 6.07) is 12.9. The highest BCUT2D eigenvalue weighted by Crippen LogP contribution is 2.26. The molecule has 0 radical (unpaired) electrons. The molecule has 0 spiro atoms. The first-order valence-corrected chi connectivity index (χ1v) is 7.39. The second-order valence-electron chi connectivity index (χ2n) is 4.59. The zero-order chi connectivity index (χ0) is 14.9. The number of pyridine rings is 1. The molecule has 1 aromatic carbocycles. The minimum atomic E-state index is -0.240. The SMILES string of the molecule is O=c1nc(-c2cccc(-c3cnco3)n2)sc2ccccc12. The molecule has 4 rings (SSSR count). The van der Waals surface area contributed by atoms with E-state index in [1.807, 2.05) is 36.4 Å². The van der Waals surface area contributed by atoms with E-state index in [0.717, 1.165) is 4.70 Å². The van der Waals surface area contributed by atoms with Crippen molar-refractivity contribution in [3.8, 4) is 22.2 Å². The Morgan fingerprint density at radius 1 is 0.955 bits per heavy atom. The normalized spacial score (nSPS) is 10.9. The maximum Gasteiger partial charge on any atom is 0.279 e. The van der Waals surface area contributed by atoms with Crippen LogP contribution in [0.25, 0.3) is 32.2 Å². The van der Waals surface area contributed by atoms with Gasteiger partial charge in [-0.15, -0.1) is 11.3 Å². The summed E-state index contributed by atoms with van der Waals surface area (Å²) in [4.78, 5) is 24.7. The fraction of sp³-hybridized carbons (Fsp3) is 0. The number of oxazole rings is 1. The van der Waals surface area contributed by atoms with Crippen LogP contribution in [0, 0.1) is 0 Å². The van der Waals surface area contributed by atoms with E-state index in [4.69, 9.17) is 4.42 Å². The van der Waals surface area contributed by atoms with Gasteiger partial charge in [-0.05, 0) is 24.3 Å².